The number of amides is 1. The third-order valence-corrected chi connectivity index (χ3v) is 4.42. The molecule has 3 nitrogen and oxygen atoms in total. The van der Waals surface area contributed by atoms with Crippen LogP contribution in [-0.2, 0) is 4.79 Å². The highest BCUT2D eigenvalue weighted by molar-refractivity contribution is 14.1. The highest BCUT2D eigenvalue weighted by atomic mass is 127. The number of nitrogens with zero attached hydrogens (tertiary/aromatic N) is 1. The van der Waals surface area contributed by atoms with Crippen molar-refractivity contribution in [2.45, 2.75) is 0 Å². The summed E-state index contributed by atoms with van der Waals surface area (Å²) in [6.45, 7) is 0. The molecule has 21 heavy (non-hydrogen) atoms. The minimum absolute atomic E-state index is 0.173. The summed E-state index contributed by atoms with van der Waals surface area (Å²) in [5, 5.41) is 3.41. The van der Waals surface area contributed by atoms with Gasteiger partial charge >= 0.3 is 0 Å². The number of benzene rings is 2. The first-order valence-electron chi connectivity index (χ1n) is 6.31. The molecule has 0 atom stereocenters. The predicted molar refractivity (Wildman–Crippen MR) is 96.4 cm³/mol. The number of para-hydroxylation sites is 1. The van der Waals surface area contributed by atoms with Crippen molar-refractivity contribution < 1.29 is 4.79 Å². The number of hydrogen-bond acceptors (Lipinski definition) is 3. The topological polar surface area (TPSA) is 42.0 Å². The molecular weight excluding hydrogens is 395 g/mol. The van der Waals surface area contributed by atoms with Crippen LogP contribution in [0.4, 0.5) is 5.13 Å². The van der Waals surface area contributed by atoms with E-state index in [1.807, 2.05) is 48.5 Å². The van der Waals surface area contributed by atoms with Crippen molar-refractivity contribution >= 4 is 61.3 Å². The lowest BCUT2D eigenvalue weighted by atomic mass is 10.2. The Balaban J connectivity index is 1.71. The zero-order chi connectivity index (χ0) is 14.7. The normalized spacial score (nSPS) is 11.1. The van der Waals surface area contributed by atoms with Crippen molar-refractivity contribution in [3.05, 3.63) is 63.7 Å². The number of anilines is 1. The Kier molecular flexibility index (Phi) is 4.31. The number of carbonyl (C=O) groups is 1. The Hall–Kier alpha value is -1.73. The summed E-state index contributed by atoms with van der Waals surface area (Å²) < 4.78 is 2.20. The molecule has 0 bridgehead atoms. The van der Waals surface area contributed by atoms with E-state index < -0.39 is 0 Å². The van der Waals surface area contributed by atoms with Crippen LogP contribution in [0.25, 0.3) is 16.3 Å². The number of aromatic nitrogens is 1. The third-order valence-electron chi connectivity index (χ3n) is 2.80. The van der Waals surface area contributed by atoms with Crippen molar-refractivity contribution in [2.75, 3.05) is 5.32 Å². The van der Waals surface area contributed by atoms with Gasteiger partial charge in [0.1, 0.15) is 0 Å². The predicted octanol–water partition coefficient (Wildman–Crippen LogP) is 4.55. The number of fused-ring (bicyclic) bond motifs is 1. The molecule has 3 rings (SSSR count). The maximum atomic E-state index is 11.9. The van der Waals surface area contributed by atoms with Crippen LogP contribution >= 0.6 is 33.9 Å². The highest BCUT2D eigenvalue weighted by Crippen LogP contribution is 2.25. The SMILES string of the molecule is O=C(/C=C/c1cccc(I)c1)Nc1nc2ccccc2s1. The van der Waals surface area contributed by atoms with E-state index in [1.165, 1.54) is 17.4 Å². The molecule has 0 radical (unpaired) electrons. The molecule has 1 N–H and O–H groups in total. The number of halogens is 1. The van der Waals surface area contributed by atoms with Gasteiger partial charge in [-0.05, 0) is 58.5 Å². The largest absolute Gasteiger partial charge is 0.298 e. The van der Waals surface area contributed by atoms with Gasteiger partial charge < -0.3 is 0 Å². The van der Waals surface area contributed by atoms with Gasteiger partial charge in [-0.1, -0.05) is 35.6 Å². The number of rotatable bonds is 3. The first-order chi connectivity index (χ1) is 10.2. The maximum absolute atomic E-state index is 11.9. The summed E-state index contributed by atoms with van der Waals surface area (Å²) in [5.41, 5.74) is 1.90. The maximum Gasteiger partial charge on any atom is 0.250 e. The Bertz CT molecular complexity index is 793. The van der Waals surface area contributed by atoms with Gasteiger partial charge in [-0.2, -0.15) is 0 Å². The van der Waals surface area contributed by atoms with E-state index in [4.69, 9.17) is 0 Å². The van der Waals surface area contributed by atoms with E-state index in [1.54, 1.807) is 6.08 Å². The quantitative estimate of drug-likeness (QED) is 0.512. The third kappa shape index (κ3) is 3.68. The van der Waals surface area contributed by atoms with Crippen LogP contribution in [0.5, 0.6) is 0 Å². The molecule has 0 aliphatic carbocycles. The molecule has 104 valence electrons. The highest BCUT2D eigenvalue weighted by Gasteiger charge is 2.04. The number of carbonyl (C=O) groups excluding carboxylic acids is 1. The molecule has 2 aromatic carbocycles. The summed E-state index contributed by atoms with van der Waals surface area (Å²) in [5.74, 6) is -0.173. The Morgan fingerprint density at radius 1 is 1.19 bits per heavy atom. The Labute approximate surface area is 139 Å². The second-order valence-corrected chi connectivity index (χ2v) is 6.64. The summed E-state index contributed by atoms with van der Waals surface area (Å²) in [6, 6.07) is 15.8. The van der Waals surface area contributed by atoms with Crippen molar-refractivity contribution in [2.24, 2.45) is 0 Å². The molecule has 0 saturated heterocycles. The number of nitrogens with one attached hydrogen (secondary N) is 1. The van der Waals surface area contributed by atoms with Crippen molar-refractivity contribution in [1.82, 2.24) is 4.98 Å². The van der Waals surface area contributed by atoms with Crippen molar-refractivity contribution in [1.29, 1.82) is 0 Å². The van der Waals surface area contributed by atoms with Crippen LogP contribution in [0.3, 0.4) is 0 Å². The number of hydrogen-bond donors (Lipinski definition) is 1. The molecular formula is C16H11IN2OS. The van der Waals surface area contributed by atoms with Gasteiger partial charge in [-0.3, -0.25) is 10.1 Å². The van der Waals surface area contributed by atoms with Gasteiger partial charge in [0.2, 0.25) is 5.91 Å². The van der Waals surface area contributed by atoms with Gasteiger partial charge in [0.05, 0.1) is 10.2 Å². The molecule has 0 aliphatic heterocycles. The lowest BCUT2D eigenvalue weighted by Gasteiger charge is -1.96. The van der Waals surface area contributed by atoms with Crippen molar-refractivity contribution in [3.63, 3.8) is 0 Å². The zero-order valence-electron chi connectivity index (χ0n) is 10.9. The van der Waals surface area contributed by atoms with Crippen LogP contribution in [0.15, 0.2) is 54.6 Å². The van der Waals surface area contributed by atoms with Gasteiger partial charge in [0.15, 0.2) is 5.13 Å². The summed E-state index contributed by atoms with van der Waals surface area (Å²) in [7, 11) is 0. The summed E-state index contributed by atoms with van der Waals surface area (Å²) in [6.07, 6.45) is 3.32. The number of thiazole rings is 1. The molecule has 5 heteroatoms. The van der Waals surface area contributed by atoms with Gasteiger partial charge in [-0.25, -0.2) is 4.98 Å². The average Bonchev–Trinajstić information content (AvgIpc) is 2.87. The smallest absolute Gasteiger partial charge is 0.250 e. The zero-order valence-corrected chi connectivity index (χ0v) is 13.9. The monoisotopic (exact) mass is 406 g/mol. The molecule has 1 heterocycles. The van der Waals surface area contributed by atoms with E-state index in [9.17, 15) is 4.79 Å². The average molecular weight is 406 g/mol. The minimum atomic E-state index is -0.173. The van der Waals surface area contributed by atoms with Gasteiger partial charge in [-0.15, -0.1) is 0 Å². The second kappa shape index (κ2) is 6.36. The van der Waals surface area contributed by atoms with E-state index in [-0.39, 0.29) is 5.91 Å². The van der Waals surface area contributed by atoms with E-state index in [0.717, 1.165) is 19.4 Å². The fourth-order valence-electron chi connectivity index (χ4n) is 1.85. The van der Waals surface area contributed by atoms with Crippen LogP contribution in [0.1, 0.15) is 5.56 Å². The molecule has 1 amide bonds. The molecule has 1 aromatic heterocycles. The Morgan fingerprint density at radius 2 is 2.05 bits per heavy atom. The van der Waals surface area contributed by atoms with Gasteiger partial charge in [0, 0.05) is 9.65 Å². The molecule has 0 unspecified atom stereocenters. The summed E-state index contributed by atoms with van der Waals surface area (Å²) >= 11 is 3.72. The Morgan fingerprint density at radius 3 is 2.86 bits per heavy atom. The summed E-state index contributed by atoms with van der Waals surface area (Å²) in [4.78, 5) is 16.3. The molecule has 0 aliphatic rings. The van der Waals surface area contributed by atoms with E-state index in [2.05, 4.69) is 32.9 Å². The fourth-order valence-corrected chi connectivity index (χ4v) is 3.29. The molecule has 0 saturated carbocycles. The van der Waals surface area contributed by atoms with Crippen LogP contribution < -0.4 is 5.32 Å². The lowest BCUT2D eigenvalue weighted by Crippen LogP contribution is -2.07. The van der Waals surface area contributed by atoms with Crippen molar-refractivity contribution in [3.8, 4) is 0 Å². The van der Waals surface area contributed by atoms with E-state index in [0.29, 0.717) is 5.13 Å². The second-order valence-electron chi connectivity index (χ2n) is 4.36. The standard InChI is InChI=1S/C16H11IN2OS/c17-12-5-3-4-11(10-12)8-9-15(20)19-16-18-13-6-1-2-7-14(13)21-16/h1-10H,(H,18,19,20)/b9-8+. The molecule has 0 fully saturated rings. The minimum Gasteiger partial charge on any atom is -0.298 e. The fraction of sp³-hybridized carbons (Fsp3) is 0. The first kappa shape index (κ1) is 14.2. The molecule has 3 aromatic rings. The van der Waals surface area contributed by atoms with Gasteiger partial charge in [0.25, 0.3) is 0 Å². The van der Waals surface area contributed by atoms with E-state index >= 15 is 0 Å². The van der Waals surface area contributed by atoms with Crippen LogP contribution in [0, 0.1) is 3.57 Å². The lowest BCUT2D eigenvalue weighted by molar-refractivity contribution is -0.111. The first-order valence-corrected chi connectivity index (χ1v) is 8.20. The molecule has 0 spiro atoms. The van der Waals surface area contributed by atoms with Crippen LogP contribution in [0.2, 0.25) is 0 Å². The van der Waals surface area contributed by atoms with Crippen LogP contribution in [-0.4, -0.2) is 10.9 Å².